The van der Waals surface area contributed by atoms with Crippen molar-refractivity contribution in [2.24, 2.45) is 0 Å². The maximum Gasteiger partial charge on any atom is 0.148 e. The van der Waals surface area contributed by atoms with Gasteiger partial charge in [-0.25, -0.2) is 0 Å². The van der Waals surface area contributed by atoms with E-state index in [2.05, 4.69) is 103 Å². The largest absolute Gasteiger partial charge is 0.148 e. The molecule has 0 fully saturated rings. The number of aryl methyl sites for hydroxylation is 1. The van der Waals surface area contributed by atoms with Gasteiger partial charge in [0, 0.05) is 1.37 Å². The van der Waals surface area contributed by atoms with Crippen molar-refractivity contribution in [1.82, 2.24) is 0 Å². The fraction of sp³-hybridized carbons (Fsp3) is 0.0769. The van der Waals surface area contributed by atoms with Crippen molar-refractivity contribution in [3.63, 3.8) is 0 Å². The highest BCUT2D eigenvalue weighted by Gasteiger charge is 2.38. The molecule has 0 spiro atoms. The molecule has 0 aliphatic heterocycles. The molecule has 0 aliphatic rings. The smallest absolute Gasteiger partial charge is 0.0624 e. The number of hydrogen-bond donors (Lipinski definition) is 0. The first kappa shape index (κ1) is 16.3. The second-order valence-electron chi connectivity index (χ2n) is 6.82. The van der Waals surface area contributed by atoms with Gasteiger partial charge in [0.1, 0.15) is 8.07 Å². The van der Waals surface area contributed by atoms with Crippen LogP contribution in [-0.2, 0) is 6.40 Å². The van der Waals surface area contributed by atoms with E-state index in [1.807, 2.05) is 18.2 Å². The van der Waals surface area contributed by atoms with Crippen LogP contribution in [0.15, 0.2) is 121 Å². The minimum Gasteiger partial charge on any atom is -0.0624 e. The Morgan fingerprint density at radius 3 is 1.19 bits per heavy atom. The zero-order chi connectivity index (χ0) is 19.2. The van der Waals surface area contributed by atoms with E-state index in [1.54, 1.807) is 0 Å². The summed E-state index contributed by atoms with van der Waals surface area (Å²) in [5.41, 5.74) is 1.09. The van der Waals surface area contributed by atoms with Gasteiger partial charge in [0.05, 0.1) is 0 Å². The second kappa shape index (κ2) is 8.19. The first-order chi connectivity index (χ1) is 13.8. The van der Waals surface area contributed by atoms with Crippen LogP contribution in [-0.4, -0.2) is 8.07 Å². The lowest BCUT2D eigenvalue weighted by Crippen LogP contribution is -2.67. The lowest BCUT2D eigenvalue weighted by atomic mass is 10.2. The van der Waals surface area contributed by atoms with E-state index in [0.29, 0.717) is 0 Å². The van der Waals surface area contributed by atoms with E-state index in [4.69, 9.17) is 1.37 Å². The van der Waals surface area contributed by atoms with Gasteiger partial charge in [-0.3, -0.25) is 0 Å². The molecule has 132 valence electrons. The van der Waals surface area contributed by atoms with Gasteiger partial charge in [-0.2, -0.15) is 0 Å². The van der Waals surface area contributed by atoms with E-state index in [1.165, 1.54) is 15.6 Å². The van der Waals surface area contributed by atoms with Crippen molar-refractivity contribution in [2.45, 2.75) is 12.4 Å². The summed E-state index contributed by atoms with van der Waals surface area (Å²) in [7, 11) is -2.36. The molecule has 0 aliphatic carbocycles. The van der Waals surface area contributed by atoms with Crippen molar-refractivity contribution >= 4 is 23.6 Å². The third-order valence-corrected chi connectivity index (χ3v) is 10.0. The van der Waals surface area contributed by atoms with E-state index in [9.17, 15) is 0 Å². The first-order valence-corrected chi connectivity index (χ1v) is 11.7. The Bertz CT molecular complexity index is 889. The molecule has 0 aromatic heterocycles. The Morgan fingerprint density at radius 2 is 0.815 bits per heavy atom. The highest BCUT2D eigenvalue weighted by Crippen LogP contribution is 2.16. The van der Waals surface area contributed by atoms with E-state index in [0.717, 1.165) is 11.6 Å². The van der Waals surface area contributed by atoms with Gasteiger partial charge in [0.25, 0.3) is 0 Å². The van der Waals surface area contributed by atoms with Crippen LogP contribution in [0.5, 0.6) is 0 Å². The van der Waals surface area contributed by atoms with Crippen molar-refractivity contribution in [1.29, 1.82) is 0 Å². The summed E-state index contributed by atoms with van der Waals surface area (Å²) in [5, 5.41) is 4.08. The highest BCUT2D eigenvalue weighted by atomic mass is 28.3. The highest BCUT2D eigenvalue weighted by molar-refractivity contribution is 7.11. The van der Waals surface area contributed by atoms with Crippen LogP contribution in [0.3, 0.4) is 0 Å². The monoisotopic (exact) mass is 365 g/mol. The van der Waals surface area contributed by atoms with Gasteiger partial charge >= 0.3 is 0 Å². The maximum atomic E-state index is 9.05. The fourth-order valence-corrected chi connectivity index (χ4v) is 8.42. The quantitative estimate of drug-likeness (QED) is 0.351. The average molecular weight is 366 g/mol. The normalized spacial score (nSPS) is 13.0. The Labute approximate surface area is 164 Å². The molecule has 0 heterocycles. The van der Waals surface area contributed by atoms with Crippen LogP contribution < -0.4 is 15.6 Å². The number of hydrogen-bond acceptors (Lipinski definition) is 0. The first-order valence-electron chi connectivity index (χ1n) is 10.0. The Balaban J connectivity index is 1.93. The predicted molar refractivity (Wildman–Crippen MR) is 119 cm³/mol. The summed E-state index contributed by atoms with van der Waals surface area (Å²) in [6, 6.07) is 43.6. The van der Waals surface area contributed by atoms with Crippen LogP contribution in [0.25, 0.3) is 0 Å². The molecule has 4 aromatic carbocycles. The van der Waals surface area contributed by atoms with Gasteiger partial charge in [-0.1, -0.05) is 121 Å². The fourth-order valence-electron chi connectivity index (χ4n) is 3.88. The minimum atomic E-state index is -2.36. The summed E-state index contributed by atoms with van der Waals surface area (Å²) in [6.07, 6.45) is -0.270. The molecule has 0 N–H and O–H groups in total. The Hall–Kier alpha value is -2.90. The van der Waals surface area contributed by atoms with Gasteiger partial charge in [-0.15, -0.1) is 0 Å². The standard InChI is InChI=1S/C26H24Si/c1-5-13-23(14-6-1)21-22-27(24-15-7-2-8-16-24,25-17-9-3-10-18-25)26-19-11-4-12-20-26/h1-20H,21-22H2/i21D. The summed E-state index contributed by atoms with van der Waals surface area (Å²) in [5.74, 6) is 0. The third-order valence-electron chi connectivity index (χ3n) is 5.24. The molecule has 0 saturated heterocycles. The second-order valence-corrected chi connectivity index (χ2v) is 10.8. The zero-order valence-corrected chi connectivity index (χ0v) is 16.3. The summed E-state index contributed by atoms with van der Waals surface area (Å²) < 4.78 is 9.05. The summed E-state index contributed by atoms with van der Waals surface area (Å²) in [6.45, 7) is 0. The van der Waals surface area contributed by atoms with E-state index >= 15 is 0 Å². The maximum absolute atomic E-state index is 9.05. The molecule has 1 unspecified atom stereocenters. The van der Waals surface area contributed by atoms with E-state index in [-0.39, 0.29) is 6.40 Å². The van der Waals surface area contributed by atoms with Crippen LogP contribution in [0.4, 0.5) is 0 Å². The third kappa shape index (κ3) is 3.65. The van der Waals surface area contributed by atoms with Crippen molar-refractivity contribution in [2.75, 3.05) is 0 Å². The van der Waals surface area contributed by atoms with Crippen molar-refractivity contribution < 1.29 is 1.37 Å². The van der Waals surface area contributed by atoms with Crippen molar-refractivity contribution in [3.8, 4) is 0 Å². The summed E-state index contributed by atoms with van der Waals surface area (Å²) in [4.78, 5) is 0. The molecule has 0 nitrogen and oxygen atoms in total. The molecule has 0 radical (unpaired) electrons. The molecule has 1 atom stereocenters. The zero-order valence-electron chi connectivity index (χ0n) is 16.3. The minimum absolute atomic E-state index is 0.270. The molecule has 0 amide bonds. The molecule has 1 heteroatoms. The lowest BCUT2D eigenvalue weighted by Gasteiger charge is -2.34. The molecule has 4 rings (SSSR count). The van der Waals surface area contributed by atoms with Crippen LogP contribution in [0.1, 0.15) is 6.93 Å². The SMILES string of the molecule is [2H]C(C[Si](c1ccccc1)(c1ccccc1)c1ccccc1)c1ccccc1. The van der Waals surface area contributed by atoms with Gasteiger partial charge in [0.15, 0.2) is 0 Å². The van der Waals surface area contributed by atoms with E-state index < -0.39 is 8.07 Å². The van der Waals surface area contributed by atoms with Crippen molar-refractivity contribution in [3.05, 3.63) is 127 Å². The lowest BCUT2D eigenvalue weighted by molar-refractivity contribution is 1.11. The number of rotatable bonds is 6. The van der Waals surface area contributed by atoms with Crippen LogP contribution >= 0.6 is 0 Å². The number of benzene rings is 4. The van der Waals surface area contributed by atoms with Crippen LogP contribution in [0, 0.1) is 0 Å². The summed E-state index contributed by atoms with van der Waals surface area (Å²) >= 11 is 0. The molecule has 4 aromatic rings. The Kier molecular flexibility index (Phi) is 4.94. The Morgan fingerprint density at radius 1 is 0.481 bits per heavy atom. The predicted octanol–water partition coefficient (Wildman–Crippen LogP) is 4.40. The van der Waals surface area contributed by atoms with Crippen LogP contribution in [0.2, 0.25) is 6.04 Å². The molecular weight excluding hydrogens is 340 g/mol. The average Bonchev–Trinajstić information content (AvgIpc) is 2.80. The van der Waals surface area contributed by atoms with Gasteiger partial charge in [0.2, 0.25) is 0 Å². The van der Waals surface area contributed by atoms with Gasteiger partial charge < -0.3 is 0 Å². The molecular formula is C26H24Si. The molecule has 27 heavy (non-hydrogen) atoms. The molecule has 0 saturated carbocycles. The molecule has 0 bridgehead atoms. The topological polar surface area (TPSA) is 0 Å². The van der Waals surface area contributed by atoms with Gasteiger partial charge in [-0.05, 0) is 33.6 Å².